The Balaban J connectivity index is 3.38. The molecule has 0 saturated heterocycles. The standard InChI is InChI=1S/C15H22ClN3O/c1-4-10-7-11(5-2)14(9-18-19-15(17)20)12(6-3)13(10)8-16/h7,9H,4-6,8H2,1-3H3,(H3,17,19,20). The van der Waals surface area contributed by atoms with E-state index in [1.165, 1.54) is 22.3 Å². The molecular weight excluding hydrogens is 274 g/mol. The topological polar surface area (TPSA) is 67.5 Å². The van der Waals surface area contributed by atoms with Crippen molar-refractivity contribution in [2.75, 3.05) is 0 Å². The number of aryl methyl sites for hydroxylation is 2. The van der Waals surface area contributed by atoms with Crippen molar-refractivity contribution in [3.8, 4) is 0 Å². The minimum absolute atomic E-state index is 0.487. The summed E-state index contributed by atoms with van der Waals surface area (Å²) in [5.74, 6) is 0.487. The van der Waals surface area contributed by atoms with Crippen molar-refractivity contribution < 1.29 is 4.79 Å². The highest BCUT2D eigenvalue weighted by molar-refractivity contribution is 6.17. The molecule has 20 heavy (non-hydrogen) atoms. The molecule has 4 nitrogen and oxygen atoms in total. The van der Waals surface area contributed by atoms with E-state index in [0.717, 1.165) is 24.8 Å². The number of nitrogens with zero attached hydrogens (tertiary/aromatic N) is 1. The predicted octanol–water partition coefficient (Wildman–Crippen LogP) is 3.11. The van der Waals surface area contributed by atoms with Crippen molar-refractivity contribution in [3.05, 3.63) is 33.9 Å². The van der Waals surface area contributed by atoms with Crippen LogP contribution in [0.2, 0.25) is 0 Å². The first-order valence-corrected chi connectivity index (χ1v) is 7.43. The van der Waals surface area contributed by atoms with Crippen molar-refractivity contribution in [2.24, 2.45) is 10.8 Å². The second-order valence-corrected chi connectivity index (χ2v) is 4.76. The number of nitrogens with two attached hydrogens (primary N) is 1. The predicted molar refractivity (Wildman–Crippen MR) is 84.4 cm³/mol. The SMILES string of the molecule is CCc1cc(CC)c(CCl)c(CC)c1C=NNC(N)=O. The lowest BCUT2D eigenvalue weighted by Crippen LogP contribution is -2.24. The average Bonchev–Trinajstić information content (AvgIpc) is 2.45. The number of halogens is 1. The van der Waals surface area contributed by atoms with Crippen molar-refractivity contribution in [1.29, 1.82) is 0 Å². The smallest absolute Gasteiger partial charge is 0.332 e. The quantitative estimate of drug-likeness (QED) is 0.472. The van der Waals surface area contributed by atoms with Crippen LogP contribution < -0.4 is 11.2 Å². The third-order valence-corrected chi connectivity index (χ3v) is 3.66. The van der Waals surface area contributed by atoms with Crippen LogP contribution in [-0.4, -0.2) is 12.2 Å². The molecule has 0 aliphatic carbocycles. The van der Waals surface area contributed by atoms with E-state index in [1.54, 1.807) is 6.21 Å². The van der Waals surface area contributed by atoms with Gasteiger partial charge in [-0.15, -0.1) is 11.6 Å². The second-order valence-electron chi connectivity index (χ2n) is 4.49. The fourth-order valence-corrected chi connectivity index (χ4v) is 2.76. The van der Waals surface area contributed by atoms with Gasteiger partial charge in [-0.1, -0.05) is 26.8 Å². The Morgan fingerprint density at radius 1 is 1.25 bits per heavy atom. The molecule has 110 valence electrons. The second kappa shape index (κ2) is 7.90. The molecule has 0 aromatic heterocycles. The van der Waals surface area contributed by atoms with Crippen LogP contribution in [0, 0.1) is 0 Å². The van der Waals surface area contributed by atoms with E-state index >= 15 is 0 Å². The van der Waals surface area contributed by atoms with Crippen molar-refractivity contribution in [2.45, 2.75) is 45.9 Å². The van der Waals surface area contributed by atoms with E-state index in [9.17, 15) is 4.79 Å². The zero-order chi connectivity index (χ0) is 15.1. The van der Waals surface area contributed by atoms with Gasteiger partial charge in [0.2, 0.25) is 0 Å². The Kier molecular flexibility index (Phi) is 6.52. The summed E-state index contributed by atoms with van der Waals surface area (Å²) in [6.45, 7) is 6.34. The number of alkyl halides is 1. The van der Waals surface area contributed by atoms with E-state index in [4.69, 9.17) is 17.3 Å². The molecule has 0 unspecified atom stereocenters. The number of urea groups is 1. The molecule has 0 heterocycles. The molecule has 0 bridgehead atoms. The first-order chi connectivity index (χ1) is 9.58. The molecule has 0 radical (unpaired) electrons. The molecular formula is C15H22ClN3O. The minimum atomic E-state index is -0.667. The molecule has 1 rings (SSSR count). The molecule has 0 atom stereocenters. The molecule has 5 heteroatoms. The van der Waals surface area contributed by atoms with Crippen LogP contribution in [0.1, 0.15) is 48.6 Å². The highest BCUT2D eigenvalue weighted by Crippen LogP contribution is 2.26. The summed E-state index contributed by atoms with van der Waals surface area (Å²) in [7, 11) is 0. The Labute approximate surface area is 125 Å². The summed E-state index contributed by atoms with van der Waals surface area (Å²) in [5, 5.41) is 3.90. The van der Waals surface area contributed by atoms with Gasteiger partial charge < -0.3 is 5.73 Å². The van der Waals surface area contributed by atoms with Crippen molar-refractivity contribution >= 4 is 23.8 Å². The number of hydrogen-bond acceptors (Lipinski definition) is 2. The van der Waals surface area contributed by atoms with Gasteiger partial charge in [-0.25, -0.2) is 10.2 Å². The van der Waals surface area contributed by atoms with Crippen LogP contribution in [-0.2, 0) is 25.1 Å². The van der Waals surface area contributed by atoms with Gasteiger partial charge in [0.05, 0.1) is 6.21 Å². The summed E-state index contributed by atoms with van der Waals surface area (Å²) >= 11 is 6.11. The number of amides is 2. The van der Waals surface area contributed by atoms with Gasteiger partial charge in [-0.2, -0.15) is 5.10 Å². The zero-order valence-electron chi connectivity index (χ0n) is 12.3. The number of rotatable bonds is 6. The molecule has 0 saturated carbocycles. The largest absolute Gasteiger partial charge is 0.350 e. The summed E-state index contributed by atoms with van der Waals surface area (Å²) in [4.78, 5) is 10.7. The summed E-state index contributed by atoms with van der Waals surface area (Å²) in [6, 6.07) is 1.52. The van der Waals surface area contributed by atoms with Gasteiger partial charge in [0.1, 0.15) is 0 Å². The van der Waals surface area contributed by atoms with Gasteiger partial charge in [0, 0.05) is 11.4 Å². The van der Waals surface area contributed by atoms with Gasteiger partial charge in [0.25, 0.3) is 0 Å². The number of nitrogens with one attached hydrogen (secondary N) is 1. The van der Waals surface area contributed by atoms with E-state index in [-0.39, 0.29) is 0 Å². The zero-order valence-corrected chi connectivity index (χ0v) is 13.0. The van der Waals surface area contributed by atoms with Crippen LogP contribution in [0.4, 0.5) is 4.79 Å². The maximum atomic E-state index is 10.7. The van der Waals surface area contributed by atoms with Crippen molar-refractivity contribution in [3.63, 3.8) is 0 Å². The fraction of sp³-hybridized carbons (Fsp3) is 0.467. The molecule has 1 aromatic rings. The lowest BCUT2D eigenvalue weighted by atomic mass is 9.89. The fourth-order valence-electron chi connectivity index (χ4n) is 2.42. The lowest BCUT2D eigenvalue weighted by Gasteiger charge is -2.17. The number of hydrazone groups is 1. The summed E-state index contributed by atoms with van der Waals surface area (Å²) in [6.07, 6.45) is 4.40. The first-order valence-electron chi connectivity index (χ1n) is 6.89. The third-order valence-electron chi connectivity index (χ3n) is 3.39. The van der Waals surface area contributed by atoms with Crippen LogP contribution in [0.25, 0.3) is 0 Å². The maximum absolute atomic E-state index is 10.7. The van der Waals surface area contributed by atoms with Crippen molar-refractivity contribution in [1.82, 2.24) is 5.43 Å². The number of carbonyl (C=O) groups excluding carboxylic acids is 1. The van der Waals surface area contributed by atoms with Crippen LogP contribution in [0.3, 0.4) is 0 Å². The maximum Gasteiger partial charge on any atom is 0.332 e. The minimum Gasteiger partial charge on any atom is -0.350 e. The third kappa shape index (κ3) is 3.73. The normalized spacial score (nSPS) is 11.0. The van der Waals surface area contributed by atoms with Gasteiger partial charge in [-0.05, 0) is 41.5 Å². The number of hydrogen-bond donors (Lipinski definition) is 2. The van der Waals surface area contributed by atoms with Crippen LogP contribution in [0.5, 0.6) is 0 Å². The lowest BCUT2D eigenvalue weighted by molar-refractivity contribution is 0.249. The van der Waals surface area contributed by atoms with Crippen LogP contribution in [0.15, 0.2) is 11.2 Å². The Bertz CT molecular complexity index is 512. The molecule has 0 aliphatic heterocycles. The molecule has 0 fully saturated rings. The van der Waals surface area contributed by atoms with Crippen LogP contribution >= 0.6 is 11.6 Å². The van der Waals surface area contributed by atoms with Gasteiger partial charge in [-0.3, -0.25) is 0 Å². The highest BCUT2D eigenvalue weighted by Gasteiger charge is 2.13. The average molecular weight is 296 g/mol. The molecule has 3 N–H and O–H groups in total. The number of primary amides is 1. The summed E-state index contributed by atoms with van der Waals surface area (Å²) < 4.78 is 0. The monoisotopic (exact) mass is 295 g/mol. The molecule has 1 aromatic carbocycles. The highest BCUT2D eigenvalue weighted by atomic mass is 35.5. The van der Waals surface area contributed by atoms with E-state index in [1.807, 2.05) is 0 Å². The summed E-state index contributed by atoms with van der Waals surface area (Å²) in [5.41, 5.74) is 13.2. The molecule has 2 amide bonds. The van der Waals surface area contributed by atoms with E-state index in [2.05, 4.69) is 37.4 Å². The molecule has 0 aliphatic rings. The van der Waals surface area contributed by atoms with E-state index in [0.29, 0.717) is 5.88 Å². The van der Waals surface area contributed by atoms with Gasteiger partial charge >= 0.3 is 6.03 Å². The Hall–Kier alpha value is -1.55. The first kappa shape index (κ1) is 16.5. The molecule has 0 spiro atoms. The number of carbonyl (C=O) groups is 1. The Morgan fingerprint density at radius 3 is 2.35 bits per heavy atom. The van der Waals surface area contributed by atoms with E-state index < -0.39 is 6.03 Å². The number of benzene rings is 1. The van der Waals surface area contributed by atoms with Gasteiger partial charge in [0.15, 0.2) is 0 Å². The Morgan fingerprint density at radius 2 is 1.90 bits per heavy atom.